The van der Waals surface area contributed by atoms with Crippen LogP contribution in [0.3, 0.4) is 0 Å². The summed E-state index contributed by atoms with van der Waals surface area (Å²) in [5.74, 6) is -1.80. The molecule has 13 heteroatoms. The molecular formula is C20H28N5O6S2+. The first kappa shape index (κ1) is 24.0. The van der Waals surface area contributed by atoms with Gasteiger partial charge in [0.15, 0.2) is 11.9 Å². The highest BCUT2D eigenvalue weighted by atomic mass is 32.2. The summed E-state index contributed by atoms with van der Waals surface area (Å²) in [6.07, 6.45) is -0.981. The first-order valence-electron chi connectivity index (χ1n) is 10.5. The van der Waals surface area contributed by atoms with Crippen LogP contribution in [0.5, 0.6) is 0 Å². The van der Waals surface area contributed by atoms with Crippen molar-refractivity contribution in [2.24, 2.45) is 11.8 Å². The van der Waals surface area contributed by atoms with Gasteiger partial charge in [-0.25, -0.2) is 18.8 Å². The van der Waals surface area contributed by atoms with Crippen molar-refractivity contribution in [3.8, 4) is 0 Å². The van der Waals surface area contributed by atoms with Crippen LogP contribution in [0.15, 0.2) is 24.3 Å². The predicted octanol–water partition coefficient (Wildman–Crippen LogP) is 1.36. The topological polar surface area (TPSA) is 141 Å². The van der Waals surface area contributed by atoms with Gasteiger partial charge in [0.25, 0.3) is 20.2 Å². The molecule has 0 radical (unpaired) electrons. The van der Waals surface area contributed by atoms with Gasteiger partial charge in [-0.2, -0.15) is 21.9 Å². The standard InChI is InChI=1S/C20H27N5O6S2/c1-13-19-20(22-18-8-6-5-7-17(18)21-19)24(23-13)14(2)31-33(29,30)12-16-10-25(3,4)9-15(16)11-32(26,27)28/h5-8,14-16H,9-12H2,1-4H3/p+1/t14-,15-,16+/m1/s1. The van der Waals surface area contributed by atoms with Gasteiger partial charge in [-0.1, -0.05) is 12.1 Å². The third-order valence-corrected chi connectivity index (χ3v) is 8.22. The van der Waals surface area contributed by atoms with Crippen LogP contribution in [0, 0.1) is 18.8 Å². The fraction of sp³-hybridized carbons (Fsp3) is 0.550. The van der Waals surface area contributed by atoms with Gasteiger partial charge in [0.05, 0.1) is 55.4 Å². The average Bonchev–Trinajstić information content (AvgIpc) is 3.13. The Kier molecular flexibility index (Phi) is 5.98. The lowest BCUT2D eigenvalue weighted by Crippen LogP contribution is -2.37. The largest absolute Gasteiger partial charge is 0.328 e. The number of hydrogen-bond acceptors (Lipinski definition) is 8. The lowest BCUT2D eigenvalue weighted by molar-refractivity contribution is -0.880. The summed E-state index contributed by atoms with van der Waals surface area (Å²) in [4.78, 5) is 9.18. The highest BCUT2D eigenvalue weighted by Gasteiger charge is 2.44. The molecule has 4 rings (SSSR count). The van der Waals surface area contributed by atoms with Crippen molar-refractivity contribution < 1.29 is 30.1 Å². The summed E-state index contributed by atoms with van der Waals surface area (Å²) in [5.41, 5.74) is 2.93. The van der Waals surface area contributed by atoms with Gasteiger partial charge in [0.2, 0.25) is 0 Å². The lowest BCUT2D eigenvalue weighted by Gasteiger charge is -2.23. The number of quaternary nitrogens is 1. The van der Waals surface area contributed by atoms with Crippen LogP contribution >= 0.6 is 0 Å². The van der Waals surface area contributed by atoms with E-state index in [1.807, 2.05) is 38.4 Å². The van der Waals surface area contributed by atoms with Gasteiger partial charge in [0.1, 0.15) is 5.52 Å². The van der Waals surface area contributed by atoms with Gasteiger partial charge in [0, 0.05) is 11.8 Å². The second-order valence-corrected chi connectivity index (χ2v) is 12.5. The van der Waals surface area contributed by atoms with Crippen LogP contribution in [0.25, 0.3) is 22.2 Å². The molecule has 1 saturated heterocycles. The number of aryl methyl sites for hydroxylation is 1. The van der Waals surface area contributed by atoms with Crippen molar-refractivity contribution in [2.75, 3.05) is 38.7 Å². The molecule has 0 spiro atoms. The quantitative estimate of drug-likeness (QED) is 0.290. The minimum Gasteiger partial charge on any atom is -0.328 e. The molecule has 0 aliphatic carbocycles. The summed E-state index contributed by atoms with van der Waals surface area (Å²) in [7, 11) is -4.48. The van der Waals surface area contributed by atoms with Crippen molar-refractivity contribution in [1.82, 2.24) is 19.7 Å². The maximum Gasteiger partial charge on any atom is 0.269 e. The van der Waals surface area contributed by atoms with Crippen molar-refractivity contribution >= 4 is 42.4 Å². The molecule has 1 aromatic carbocycles. The van der Waals surface area contributed by atoms with Crippen LogP contribution < -0.4 is 0 Å². The molecule has 3 atom stereocenters. The Hall–Kier alpha value is -2.19. The van der Waals surface area contributed by atoms with E-state index in [9.17, 15) is 21.4 Å². The summed E-state index contributed by atoms with van der Waals surface area (Å²) in [5, 5.41) is 4.40. The summed E-state index contributed by atoms with van der Waals surface area (Å²) in [6.45, 7) is 4.23. The monoisotopic (exact) mass is 498 g/mol. The zero-order valence-electron chi connectivity index (χ0n) is 18.9. The Bertz CT molecular complexity index is 1420. The van der Waals surface area contributed by atoms with Gasteiger partial charge in [-0.05, 0) is 26.0 Å². The molecule has 1 aliphatic rings. The van der Waals surface area contributed by atoms with E-state index in [4.69, 9.17) is 4.18 Å². The van der Waals surface area contributed by atoms with Gasteiger partial charge < -0.3 is 4.48 Å². The van der Waals surface area contributed by atoms with E-state index in [0.717, 1.165) is 0 Å². The zero-order valence-corrected chi connectivity index (χ0v) is 20.5. The number of rotatable bonds is 7. The molecule has 0 amide bonds. The van der Waals surface area contributed by atoms with Crippen molar-refractivity contribution in [3.63, 3.8) is 0 Å². The molecule has 3 aromatic rings. The van der Waals surface area contributed by atoms with E-state index in [2.05, 4.69) is 15.1 Å². The minimum atomic E-state index is -4.23. The fourth-order valence-electron chi connectivity index (χ4n) is 4.75. The molecule has 1 N–H and O–H groups in total. The molecule has 1 fully saturated rings. The molecule has 1 aliphatic heterocycles. The molecule has 0 unspecified atom stereocenters. The van der Waals surface area contributed by atoms with E-state index in [0.29, 0.717) is 45.5 Å². The van der Waals surface area contributed by atoms with Gasteiger partial charge in [-0.15, -0.1) is 0 Å². The third kappa shape index (κ3) is 5.32. The molecule has 11 nitrogen and oxygen atoms in total. The fourth-order valence-corrected chi connectivity index (χ4v) is 7.15. The van der Waals surface area contributed by atoms with Crippen molar-refractivity contribution in [1.29, 1.82) is 0 Å². The summed E-state index contributed by atoms with van der Waals surface area (Å²) in [6, 6.07) is 7.35. The number of para-hydroxylation sites is 2. The number of likely N-dealkylation sites (tertiary alicyclic amines) is 1. The van der Waals surface area contributed by atoms with Crippen molar-refractivity contribution in [3.05, 3.63) is 30.0 Å². The van der Waals surface area contributed by atoms with E-state index in [-0.39, 0.29) is 5.75 Å². The average molecular weight is 499 g/mol. The first-order valence-corrected chi connectivity index (χ1v) is 13.7. The maximum atomic E-state index is 12.9. The summed E-state index contributed by atoms with van der Waals surface area (Å²) >= 11 is 0. The number of aromatic nitrogens is 4. The van der Waals surface area contributed by atoms with E-state index < -0.39 is 44.1 Å². The Morgan fingerprint density at radius 2 is 1.67 bits per heavy atom. The number of nitrogens with zero attached hydrogens (tertiary/aromatic N) is 5. The van der Waals surface area contributed by atoms with Crippen molar-refractivity contribution in [2.45, 2.75) is 20.1 Å². The second-order valence-electron chi connectivity index (χ2n) is 9.40. The second kappa shape index (κ2) is 8.24. The maximum absolute atomic E-state index is 12.9. The minimum absolute atomic E-state index is 0.355. The molecule has 0 saturated carbocycles. The third-order valence-electron chi connectivity index (χ3n) is 5.97. The smallest absolute Gasteiger partial charge is 0.269 e. The van der Waals surface area contributed by atoms with Gasteiger partial charge in [-0.3, -0.25) is 4.55 Å². The number of benzene rings is 1. The Morgan fingerprint density at radius 1 is 1.09 bits per heavy atom. The predicted molar refractivity (Wildman–Crippen MR) is 122 cm³/mol. The molecule has 3 heterocycles. The first-order chi connectivity index (χ1) is 15.2. The number of fused-ring (bicyclic) bond motifs is 2. The number of hydrogen-bond donors (Lipinski definition) is 1. The highest BCUT2D eigenvalue weighted by molar-refractivity contribution is 7.86. The molecule has 0 bridgehead atoms. The Balaban J connectivity index is 1.58. The summed E-state index contributed by atoms with van der Waals surface area (Å²) < 4.78 is 65.3. The van der Waals surface area contributed by atoms with Crippen LogP contribution in [-0.2, 0) is 24.4 Å². The van der Waals surface area contributed by atoms with Crippen LogP contribution in [0.1, 0.15) is 18.8 Å². The van der Waals surface area contributed by atoms with Crippen LogP contribution in [0.2, 0.25) is 0 Å². The van der Waals surface area contributed by atoms with Crippen LogP contribution in [0.4, 0.5) is 0 Å². The SMILES string of the molecule is Cc1nn([C@@H](C)OS(=O)(=O)C[C@@H]2C[N+](C)(C)C[C@@H]2CS(=O)(=O)O)c2nc3ccccc3nc12. The molecule has 180 valence electrons. The normalized spacial score (nSPS) is 22.2. The van der Waals surface area contributed by atoms with E-state index in [1.54, 1.807) is 13.8 Å². The Morgan fingerprint density at radius 3 is 2.27 bits per heavy atom. The van der Waals surface area contributed by atoms with Gasteiger partial charge >= 0.3 is 0 Å². The van der Waals surface area contributed by atoms with E-state index >= 15 is 0 Å². The molecule has 33 heavy (non-hydrogen) atoms. The Labute approximate surface area is 192 Å². The zero-order chi connectivity index (χ0) is 24.2. The van der Waals surface area contributed by atoms with E-state index in [1.165, 1.54) is 4.68 Å². The lowest BCUT2D eigenvalue weighted by atomic mass is 10.0. The molecular weight excluding hydrogens is 470 g/mol. The highest BCUT2D eigenvalue weighted by Crippen LogP contribution is 2.31. The molecule has 2 aromatic heterocycles. The van der Waals surface area contributed by atoms with Crippen LogP contribution in [-0.4, -0.2) is 84.3 Å².